The maximum Gasteiger partial charge on any atom is 0.416 e. The predicted octanol–water partition coefficient (Wildman–Crippen LogP) is 7.30. The third-order valence-electron chi connectivity index (χ3n) is 14.5. The summed E-state index contributed by atoms with van der Waals surface area (Å²) in [5.41, 5.74) is 4.54. The van der Waals surface area contributed by atoms with Gasteiger partial charge >= 0.3 is 6.09 Å². The molecular weight excluding hydrogens is 1030 g/mol. The van der Waals surface area contributed by atoms with Crippen molar-refractivity contribution in [1.82, 2.24) is 25.3 Å². The maximum absolute atomic E-state index is 14.2. The van der Waals surface area contributed by atoms with Gasteiger partial charge in [-0.05, 0) is 101 Å². The molecule has 3 aromatic carbocycles. The molecule has 5 heterocycles. The number of carbonyl (C=O) groups excluding carboxylic acids is 7. The number of amides is 7. The Hall–Kier alpha value is -8.20. The first kappa shape index (κ1) is 58.0. The molecule has 0 aliphatic carbocycles. The second-order valence-corrected chi connectivity index (χ2v) is 21.1. The Balaban J connectivity index is 0.818. The third-order valence-corrected chi connectivity index (χ3v) is 14.5. The van der Waals surface area contributed by atoms with Gasteiger partial charge in [-0.25, -0.2) is 9.69 Å². The zero-order valence-corrected chi connectivity index (χ0v) is 46.5. The highest BCUT2D eigenvalue weighted by Crippen LogP contribution is 2.43. The molecule has 0 fully saturated rings. The van der Waals surface area contributed by atoms with E-state index in [9.17, 15) is 38.7 Å². The summed E-state index contributed by atoms with van der Waals surface area (Å²) in [6.45, 7) is 10.5. The molecular formula is C59H72N8O13. The molecule has 0 aromatic heterocycles. The van der Waals surface area contributed by atoms with Crippen LogP contribution in [0.15, 0.2) is 89.2 Å². The fraction of sp³-hybridized carbons (Fsp3) is 0.458. The first-order chi connectivity index (χ1) is 38.4. The van der Waals surface area contributed by atoms with Crippen molar-refractivity contribution < 1.29 is 62.4 Å². The topological polar surface area (TPSA) is 247 Å². The molecule has 21 nitrogen and oxygen atoms in total. The first-order valence-electron chi connectivity index (χ1n) is 27.3. The summed E-state index contributed by atoms with van der Waals surface area (Å²) in [6.07, 6.45) is 10.5. The lowest BCUT2D eigenvalue weighted by atomic mass is 10.0. The number of imide groups is 1. The number of aliphatic hydroxyl groups is 1. The van der Waals surface area contributed by atoms with Crippen LogP contribution in [0.3, 0.4) is 0 Å². The molecule has 5 aliphatic heterocycles. The number of anilines is 2. The number of carbonyl (C=O) groups is 7. The van der Waals surface area contributed by atoms with Crippen LogP contribution in [0.2, 0.25) is 0 Å². The summed E-state index contributed by atoms with van der Waals surface area (Å²) in [5.74, 6) is -0.507. The van der Waals surface area contributed by atoms with Gasteiger partial charge in [0.25, 0.3) is 23.6 Å². The lowest BCUT2D eigenvalue weighted by molar-refractivity contribution is -0.137. The minimum absolute atomic E-state index is 0.102. The highest BCUT2D eigenvalue weighted by atomic mass is 16.6. The summed E-state index contributed by atoms with van der Waals surface area (Å²) in [7, 11) is 2.99. The summed E-state index contributed by atoms with van der Waals surface area (Å²) >= 11 is 0. The number of fused-ring (bicyclic) bond motifs is 4. The number of benzene rings is 3. The van der Waals surface area contributed by atoms with Crippen LogP contribution in [-0.2, 0) is 30.5 Å². The largest absolute Gasteiger partial charge is 0.493 e. The minimum Gasteiger partial charge on any atom is -0.493 e. The molecule has 5 atom stereocenters. The van der Waals surface area contributed by atoms with Crippen molar-refractivity contribution in [3.8, 4) is 23.0 Å². The van der Waals surface area contributed by atoms with Crippen LogP contribution < -0.4 is 39.8 Å². The Kier molecular flexibility index (Phi) is 19.0. The molecule has 426 valence electrons. The van der Waals surface area contributed by atoms with E-state index in [1.54, 1.807) is 41.6 Å². The van der Waals surface area contributed by atoms with Gasteiger partial charge in [-0.3, -0.25) is 38.7 Å². The molecule has 0 saturated heterocycles. The van der Waals surface area contributed by atoms with Gasteiger partial charge in [-0.2, -0.15) is 0 Å². The van der Waals surface area contributed by atoms with Gasteiger partial charge in [0.2, 0.25) is 11.8 Å². The normalized spacial score (nSPS) is 18.8. The molecule has 3 aromatic rings. The number of methoxy groups -OCH3 is 2. The summed E-state index contributed by atoms with van der Waals surface area (Å²) in [5, 5.41) is 21.0. The molecule has 7 amide bonds. The number of nitrogens with zero attached hydrogens (tertiary/aromatic N) is 5. The number of ether oxygens (including phenoxy) is 5. The van der Waals surface area contributed by atoms with Crippen LogP contribution in [0, 0.1) is 5.92 Å². The predicted molar refractivity (Wildman–Crippen MR) is 298 cm³/mol. The Morgan fingerprint density at radius 2 is 1.36 bits per heavy atom. The van der Waals surface area contributed by atoms with Crippen molar-refractivity contribution in [3.63, 3.8) is 0 Å². The van der Waals surface area contributed by atoms with E-state index in [-0.39, 0.29) is 89.9 Å². The van der Waals surface area contributed by atoms with E-state index >= 15 is 0 Å². The van der Waals surface area contributed by atoms with E-state index < -0.39 is 30.3 Å². The average Bonchev–Trinajstić information content (AvgIpc) is 4.13. The van der Waals surface area contributed by atoms with Crippen molar-refractivity contribution in [3.05, 3.63) is 101 Å². The van der Waals surface area contributed by atoms with E-state index in [2.05, 4.69) is 20.9 Å². The Bertz CT molecular complexity index is 2950. The third kappa shape index (κ3) is 13.6. The van der Waals surface area contributed by atoms with E-state index in [4.69, 9.17) is 23.7 Å². The zero-order valence-electron chi connectivity index (χ0n) is 46.5. The number of aliphatic imine (C=N–C) groups is 1. The molecule has 0 spiro atoms. The number of hydrogen-bond donors (Lipinski definition) is 4. The van der Waals surface area contributed by atoms with Crippen molar-refractivity contribution in [1.29, 1.82) is 0 Å². The number of hydrogen-bond acceptors (Lipinski definition) is 15. The second kappa shape index (κ2) is 26.2. The molecule has 4 N–H and O–H groups in total. The second-order valence-electron chi connectivity index (χ2n) is 21.1. The van der Waals surface area contributed by atoms with Gasteiger partial charge in [0.15, 0.2) is 29.2 Å². The highest BCUT2D eigenvalue weighted by Gasteiger charge is 2.45. The van der Waals surface area contributed by atoms with Crippen LogP contribution >= 0.6 is 0 Å². The standard InChI is InChI=1S/C59H72N8O13/c1-35(2)54(63-51(68)14-10-8-11-21-64-52(69)19-20-53(64)70)55(71)62-38(5)30-60-40-17-15-39(16-18-40)34-80-59(75)67-45-29-50(48(77-7)27-43(45)57(73)66-33-37(4)25-46(66)58(67)74)79-23-13-9-12-22-78-49-28-44-42(26-47(49)76-6)56(72)65-32-36(3)24-41(65)31-61-44/h15-20,26-29,31-33,35,38,41,46,54,58,60,74H,8-14,21-25,30,34H2,1-7H3,(H,62,71)(H,63,68)/t38-,41-,46-,54-,58-/m0/s1. The zero-order chi connectivity index (χ0) is 57.2. The van der Waals surface area contributed by atoms with Crippen LogP contribution in [-0.4, -0.2) is 138 Å². The maximum atomic E-state index is 14.2. The van der Waals surface area contributed by atoms with E-state index in [1.807, 2.05) is 53.0 Å². The van der Waals surface area contributed by atoms with Gasteiger partial charge in [-0.1, -0.05) is 43.5 Å². The lowest BCUT2D eigenvalue weighted by Gasteiger charge is -2.31. The molecule has 0 unspecified atom stereocenters. The van der Waals surface area contributed by atoms with E-state index in [1.165, 1.54) is 48.3 Å². The van der Waals surface area contributed by atoms with Crippen molar-refractivity contribution >= 4 is 64.8 Å². The first-order valence-corrected chi connectivity index (χ1v) is 27.3. The average molecular weight is 1100 g/mol. The molecule has 0 bridgehead atoms. The Labute approximate surface area is 465 Å². The molecule has 8 rings (SSSR count). The molecule has 21 heteroatoms. The SMILES string of the molecule is COc1cc2c(cc1OCCCCCOc1cc3c(cc1OC)C(=O)N1C=C(C)C[C@H]1[C@H](O)N3C(=O)OCc1ccc(NC[C@H](C)NC(=O)[C@@H](NC(=O)CCCCCN3C(=O)C=CC3=O)C(C)C)cc1)N=C[C@@H]1CC(C)=CN1C2=O. The minimum atomic E-state index is -1.48. The molecule has 80 heavy (non-hydrogen) atoms. The van der Waals surface area contributed by atoms with Gasteiger partial charge < -0.3 is 54.5 Å². The molecule has 0 saturated carbocycles. The van der Waals surface area contributed by atoms with Crippen molar-refractivity contribution in [2.75, 3.05) is 50.7 Å². The van der Waals surface area contributed by atoms with Gasteiger partial charge in [-0.15, -0.1) is 0 Å². The van der Waals surface area contributed by atoms with Crippen LogP contribution in [0.1, 0.15) is 119 Å². The van der Waals surface area contributed by atoms with Crippen LogP contribution in [0.25, 0.3) is 0 Å². The highest BCUT2D eigenvalue weighted by molar-refractivity contribution is 6.13. The fourth-order valence-corrected chi connectivity index (χ4v) is 10.2. The van der Waals surface area contributed by atoms with E-state index in [0.717, 1.165) is 28.2 Å². The summed E-state index contributed by atoms with van der Waals surface area (Å²) in [4.78, 5) is 101. The smallest absolute Gasteiger partial charge is 0.416 e. The Morgan fingerprint density at radius 3 is 2.04 bits per heavy atom. The number of aliphatic hydroxyl groups excluding tert-OH is 1. The number of rotatable bonds is 25. The van der Waals surface area contributed by atoms with Crippen molar-refractivity contribution in [2.24, 2.45) is 10.9 Å². The van der Waals surface area contributed by atoms with Crippen LogP contribution in [0.4, 0.5) is 21.9 Å². The van der Waals surface area contributed by atoms with Gasteiger partial charge in [0.05, 0.1) is 62.0 Å². The van der Waals surface area contributed by atoms with E-state index in [0.29, 0.717) is 93.0 Å². The molecule has 5 aliphatic rings. The number of nitrogens with one attached hydrogen (secondary N) is 3. The summed E-state index contributed by atoms with van der Waals surface area (Å²) < 4.78 is 29.5. The summed E-state index contributed by atoms with van der Waals surface area (Å²) in [6, 6.07) is 11.7. The Morgan fingerprint density at radius 1 is 0.738 bits per heavy atom. The van der Waals surface area contributed by atoms with Gasteiger partial charge in [0.1, 0.15) is 12.6 Å². The van der Waals surface area contributed by atoms with Crippen molar-refractivity contribution in [2.45, 2.75) is 129 Å². The van der Waals surface area contributed by atoms with Crippen LogP contribution in [0.5, 0.6) is 23.0 Å². The number of unbranched alkanes of at least 4 members (excludes halogenated alkanes) is 4. The monoisotopic (exact) mass is 1100 g/mol. The fourth-order valence-electron chi connectivity index (χ4n) is 10.2. The lowest BCUT2D eigenvalue weighted by Crippen LogP contribution is -2.52. The van der Waals surface area contributed by atoms with Gasteiger partial charge in [0, 0.05) is 74.1 Å². The molecule has 0 radical (unpaired) electrons. The quantitative estimate of drug-likeness (QED) is 0.0480.